The molecular formula is C11H21N5O. The monoisotopic (exact) mass is 239 g/mol. The number of hydrogen-bond acceptors (Lipinski definition) is 5. The molecule has 6 heteroatoms. The van der Waals surface area contributed by atoms with E-state index < -0.39 is 0 Å². The molecule has 1 N–H and O–H groups in total. The van der Waals surface area contributed by atoms with Gasteiger partial charge in [0.25, 0.3) is 0 Å². The Balaban J connectivity index is 2.06. The fourth-order valence-corrected chi connectivity index (χ4v) is 2.14. The predicted octanol–water partition coefficient (Wildman–Crippen LogP) is 0.698. The second kappa shape index (κ2) is 5.55. The Morgan fingerprint density at radius 3 is 2.88 bits per heavy atom. The van der Waals surface area contributed by atoms with Crippen molar-refractivity contribution in [1.29, 1.82) is 0 Å². The van der Waals surface area contributed by atoms with E-state index in [0.717, 1.165) is 51.4 Å². The van der Waals surface area contributed by atoms with Crippen LogP contribution in [0.25, 0.3) is 0 Å². The highest BCUT2D eigenvalue weighted by atomic mass is 16.5. The van der Waals surface area contributed by atoms with Crippen molar-refractivity contribution in [1.82, 2.24) is 25.5 Å². The van der Waals surface area contributed by atoms with E-state index in [1.54, 1.807) is 0 Å². The summed E-state index contributed by atoms with van der Waals surface area (Å²) in [5.74, 6) is 0.919. The van der Waals surface area contributed by atoms with Gasteiger partial charge < -0.3 is 10.1 Å². The van der Waals surface area contributed by atoms with E-state index in [2.05, 4.69) is 34.7 Å². The molecule has 2 rings (SSSR count). The van der Waals surface area contributed by atoms with Crippen molar-refractivity contribution < 1.29 is 4.74 Å². The van der Waals surface area contributed by atoms with Crippen LogP contribution in [0, 0.1) is 0 Å². The van der Waals surface area contributed by atoms with Crippen molar-refractivity contribution in [3.8, 4) is 0 Å². The molecule has 0 aliphatic carbocycles. The van der Waals surface area contributed by atoms with Crippen LogP contribution >= 0.6 is 0 Å². The average Bonchev–Trinajstić information content (AvgIpc) is 2.79. The highest BCUT2D eigenvalue weighted by molar-refractivity contribution is 4.91. The fraction of sp³-hybridized carbons (Fsp3) is 0.909. The molecule has 1 aromatic rings. The maximum Gasteiger partial charge on any atom is 0.165 e. The van der Waals surface area contributed by atoms with Gasteiger partial charge in [-0.2, -0.15) is 0 Å². The molecule has 1 fully saturated rings. The van der Waals surface area contributed by atoms with E-state index in [1.165, 1.54) is 0 Å². The van der Waals surface area contributed by atoms with Crippen molar-refractivity contribution in [3.05, 3.63) is 5.82 Å². The lowest BCUT2D eigenvalue weighted by Crippen LogP contribution is -2.39. The first-order valence-corrected chi connectivity index (χ1v) is 6.32. The summed E-state index contributed by atoms with van der Waals surface area (Å²) in [4.78, 5) is 0. The minimum absolute atomic E-state index is 0.00494. The molecule has 6 nitrogen and oxygen atoms in total. The third-order valence-electron chi connectivity index (χ3n) is 3.33. The third-order valence-corrected chi connectivity index (χ3v) is 3.33. The number of ether oxygens (including phenoxy) is 1. The Labute approximate surface area is 102 Å². The maximum atomic E-state index is 5.40. The lowest BCUT2D eigenvalue weighted by Gasteiger charge is -2.33. The van der Waals surface area contributed by atoms with Crippen molar-refractivity contribution in [3.63, 3.8) is 0 Å². The van der Waals surface area contributed by atoms with Gasteiger partial charge >= 0.3 is 0 Å². The fourth-order valence-electron chi connectivity index (χ4n) is 2.14. The van der Waals surface area contributed by atoms with E-state index in [1.807, 2.05) is 4.68 Å². The lowest BCUT2D eigenvalue weighted by molar-refractivity contribution is 0.0217. The van der Waals surface area contributed by atoms with E-state index in [0.29, 0.717) is 0 Å². The molecule has 0 saturated carbocycles. The third kappa shape index (κ3) is 2.81. The molecule has 1 saturated heterocycles. The summed E-state index contributed by atoms with van der Waals surface area (Å²) in [7, 11) is 0. The summed E-state index contributed by atoms with van der Waals surface area (Å²) in [6.07, 6.45) is 3.06. The van der Waals surface area contributed by atoms with Crippen LogP contribution in [0.2, 0.25) is 0 Å². The van der Waals surface area contributed by atoms with Gasteiger partial charge in [0, 0.05) is 13.2 Å². The van der Waals surface area contributed by atoms with Crippen LogP contribution in [0.3, 0.4) is 0 Å². The SMILES string of the molecule is CCCNCc1nnnn1C1(C)CCOCC1. The Hall–Kier alpha value is -1.01. The van der Waals surface area contributed by atoms with Crippen LogP contribution < -0.4 is 5.32 Å². The molecule has 1 aromatic heterocycles. The van der Waals surface area contributed by atoms with Gasteiger partial charge in [-0.25, -0.2) is 4.68 Å². The molecule has 0 aromatic carbocycles. The second-order valence-corrected chi connectivity index (χ2v) is 4.79. The second-order valence-electron chi connectivity index (χ2n) is 4.79. The molecule has 0 radical (unpaired) electrons. The summed E-state index contributed by atoms with van der Waals surface area (Å²) in [5, 5.41) is 15.4. The molecule has 1 aliphatic rings. The van der Waals surface area contributed by atoms with Crippen molar-refractivity contribution in [2.75, 3.05) is 19.8 Å². The first kappa shape index (κ1) is 12.4. The van der Waals surface area contributed by atoms with E-state index >= 15 is 0 Å². The highest BCUT2D eigenvalue weighted by Gasteiger charge is 2.32. The van der Waals surface area contributed by atoms with Crippen molar-refractivity contribution in [2.24, 2.45) is 0 Å². The zero-order chi connectivity index (χ0) is 12.1. The molecule has 0 spiro atoms. The van der Waals surface area contributed by atoms with Crippen LogP contribution in [0.5, 0.6) is 0 Å². The minimum atomic E-state index is 0.00494. The van der Waals surface area contributed by atoms with Gasteiger partial charge in [-0.3, -0.25) is 0 Å². The summed E-state index contributed by atoms with van der Waals surface area (Å²) in [5.41, 5.74) is 0.00494. The van der Waals surface area contributed by atoms with Gasteiger partial charge in [0.15, 0.2) is 5.82 Å². The van der Waals surface area contributed by atoms with Crippen LogP contribution in [0.4, 0.5) is 0 Å². The molecule has 0 unspecified atom stereocenters. The standard InChI is InChI=1S/C11H21N5O/c1-3-6-12-9-10-13-14-15-16(10)11(2)4-7-17-8-5-11/h12H,3-9H2,1-2H3. The van der Waals surface area contributed by atoms with Gasteiger partial charge in [-0.15, -0.1) is 5.10 Å². The average molecular weight is 239 g/mol. The van der Waals surface area contributed by atoms with Gasteiger partial charge in [0.2, 0.25) is 0 Å². The first-order valence-electron chi connectivity index (χ1n) is 6.32. The quantitative estimate of drug-likeness (QED) is 0.766. The normalized spacial score (nSPS) is 19.4. The van der Waals surface area contributed by atoms with Crippen LogP contribution in [-0.4, -0.2) is 40.0 Å². The molecule has 17 heavy (non-hydrogen) atoms. The largest absolute Gasteiger partial charge is 0.381 e. The van der Waals surface area contributed by atoms with Crippen LogP contribution in [0.1, 0.15) is 38.9 Å². The van der Waals surface area contributed by atoms with Gasteiger partial charge in [0.05, 0.1) is 12.1 Å². The zero-order valence-electron chi connectivity index (χ0n) is 10.6. The predicted molar refractivity (Wildman–Crippen MR) is 63.5 cm³/mol. The minimum Gasteiger partial charge on any atom is -0.381 e. The topological polar surface area (TPSA) is 64.9 Å². The van der Waals surface area contributed by atoms with E-state index in [-0.39, 0.29) is 5.54 Å². The zero-order valence-corrected chi connectivity index (χ0v) is 10.6. The van der Waals surface area contributed by atoms with E-state index in [4.69, 9.17) is 4.74 Å². The molecular weight excluding hydrogens is 218 g/mol. The van der Waals surface area contributed by atoms with E-state index in [9.17, 15) is 0 Å². The number of aromatic nitrogens is 4. The Bertz CT molecular complexity index is 345. The molecule has 96 valence electrons. The van der Waals surface area contributed by atoms with Crippen molar-refractivity contribution in [2.45, 2.75) is 45.2 Å². The van der Waals surface area contributed by atoms with Gasteiger partial charge in [-0.1, -0.05) is 6.92 Å². The van der Waals surface area contributed by atoms with Gasteiger partial charge in [0.1, 0.15) is 0 Å². The molecule has 0 amide bonds. The molecule has 1 aliphatic heterocycles. The number of nitrogens with zero attached hydrogens (tertiary/aromatic N) is 4. The molecule has 0 atom stereocenters. The number of rotatable bonds is 5. The number of hydrogen-bond donors (Lipinski definition) is 1. The van der Waals surface area contributed by atoms with Crippen molar-refractivity contribution >= 4 is 0 Å². The molecule has 2 heterocycles. The maximum absolute atomic E-state index is 5.40. The molecule has 0 bridgehead atoms. The number of nitrogens with one attached hydrogen (secondary N) is 1. The summed E-state index contributed by atoms with van der Waals surface area (Å²) < 4.78 is 7.37. The Morgan fingerprint density at radius 1 is 1.41 bits per heavy atom. The summed E-state index contributed by atoms with van der Waals surface area (Å²) >= 11 is 0. The Morgan fingerprint density at radius 2 is 2.18 bits per heavy atom. The first-order chi connectivity index (χ1) is 8.26. The van der Waals surface area contributed by atoms with Crippen LogP contribution in [-0.2, 0) is 16.8 Å². The smallest absolute Gasteiger partial charge is 0.165 e. The van der Waals surface area contributed by atoms with Crippen LogP contribution in [0.15, 0.2) is 0 Å². The summed E-state index contributed by atoms with van der Waals surface area (Å²) in [6.45, 7) is 7.66. The van der Waals surface area contributed by atoms with Gasteiger partial charge in [-0.05, 0) is 43.2 Å². The number of tetrazole rings is 1. The lowest BCUT2D eigenvalue weighted by atomic mass is 9.92. The summed E-state index contributed by atoms with van der Waals surface area (Å²) in [6, 6.07) is 0. The highest BCUT2D eigenvalue weighted by Crippen LogP contribution is 2.28. The Kier molecular flexibility index (Phi) is 4.06.